The Labute approximate surface area is 120 Å². The first-order valence-electron chi connectivity index (χ1n) is 6.30. The van der Waals surface area contributed by atoms with E-state index in [2.05, 4.69) is 20.3 Å². The highest BCUT2D eigenvalue weighted by Gasteiger charge is 2.08. The number of carboxylic acid groups (broad SMARTS) is 1. The molecule has 0 radical (unpaired) electrons. The number of nitrogens with one attached hydrogen (secondary N) is 1. The van der Waals surface area contributed by atoms with Crippen molar-refractivity contribution in [2.24, 2.45) is 0 Å². The van der Waals surface area contributed by atoms with Gasteiger partial charge in [0.05, 0.1) is 23.0 Å². The summed E-state index contributed by atoms with van der Waals surface area (Å²) in [5.41, 5.74) is 2.63. The lowest BCUT2D eigenvalue weighted by Gasteiger charge is -2.08. The first-order chi connectivity index (χ1) is 10.1. The van der Waals surface area contributed by atoms with Gasteiger partial charge in [-0.3, -0.25) is 4.98 Å². The second kappa shape index (κ2) is 5.16. The van der Waals surface area contributed by atoms with Crippen LogP contribution in [0.2, 0.25) is 0 Å². The largest absolute Gasteiger partial charge is 0.478 e. The Morgan fingerprint density at radius 3 is 2.81 bits per heavy atom. The van der Waals surface area contributed by atoms with Crippen LogP contribution in [0, 0.1) is 6.92 Å². The molecule has 0 atom stereocenters. The van der Waals surface area contributed by atoms with E-state index in [1.165, 1.54) is 18.5 Å². The molecule has 3 aromatic rings. The maximum Gasteiger partial charge on any atom is 0.335 e. The molecule has 0 saturated heterocycles. The van der Waals surface area contributed by atoms with Gasteiger partial charge in [-0.05, 0) is 36.8 Å². The summed E-state index contributed by atoms with van der Waals surface area (Å²) in [7, 11) is 0. The van der Waals surface area contributed by atoms with E-state index in [9.17, 15) is 4.79 Å². The van der Waals surface area contributed by atoms with Gasteiger partial charge < -0.3 is 10.4 Å². The first-order valence-corrected chi connectivity index (χ1v) is 6.30. The highest BCUT2D eigenvalue weighted by molar-refractivity contribution is 5.97. The standard InChI is InChI=1S/C15H12N4O2/c1-9-4-11(7-16-6-9)19-14-12-3-2-10(15(20)21)5-13(12)17-8-18-14/h2-8H,1H3,(H,20,21)(H,17,18,19). The Hall–Kier alpha value is -3.02. The molecule has 3 rings (SSSR count). The average Bonchev–Trinajstić information content (AvgIpc) is 2.47. The number of fused-ring (bicyclic) bond motifs is 1. The van der Waals surface area contributed by atoms with Gasteiger partial charge in [0.1, 0.15) is 12.1 Å². The number of hydrogen-bond donors (Lipinski definition) is 2. The number of pyridine rings is 1. The maximum atomic E-state index is 11.0. The Kier molecular flexibility index (Phi) is 3.19. The molecule has 0 aliphatic rings. The van der Waals surface area contributed by atoms with Gasteiger partial charge in [-0.1, -0.05) is 0 Å². The third kappa shape index (κ3) is 2.64. The zero-order valence-electron chi connectivity index (χ0n) is 11.2. The number of aromatic nitrogens is 3. The van der Waals surface area contributed by atoms with Gasteiger partial charge in [-0.15, -0.1) is 0 Å². The Morgan fingerprint density at radius 1 is 1.19 bits per heavy atom. The van der Waals surface area contributed by atoms with E-state index >= 15 is 0 Å². The van der Waals surface area contributed by atoms with Gasteiger partial charge in [-0.2, -0.15) is 0 Å². The quantitative estimate of drug-likeness (QED) is 0.767. The molecule has 104 valence electrons. The summed E-state index contributed by atoms with van der Waals surface area (Å²) in [5.74, 6) is -0.364. The monoisotopic (exact) mass is 280 g/mol. The van der Waals surface area contributed by atoms with Crippen LogP contribution in [0.25, 0.3) is 10.9 Å². The smallest absolute Gasteiger partial charge is 0.335 e. The van der Waals surface area contributed by atoms with Crippen LogP contribution in [0.15, 0.2) is 43.0 Å². The molecular weight excluding hydrogens is 268 g/mol. The predicted octanol–water partition coefficient (Wildman–Crippen LogP) is 2.78. The lowest BCUT2D eigenvalue weighted by Crippen LogP contribution is -1.99. The van der Waals surface area contributed by atoms with Crippen LogP contribution in [0.5, 0.6) is 0 Å². The van der Waals surface area contributed by atoms with Crippen LogP contribution in [0.4, 0.5) is 11.5 Å². The summed E-state index contributed by atoms with van der Waals surface area (Å²) < 4.78 is 0. The van der Waals surface area contributed by atoms with Crippen molar-refractivity contribution in [2.45, 2.75) is 6.92 Å². The number of hydrogen-bond acceptors (Lipinski definition) is 5. The molecular formula is C15H12N4O2. The van der Waals surface area contributed by atoms with E-state index in [1.54, 1.807) is 18.5 Å². The minimum atomic E-state index is -0.979. The van der Waals surface area contributed by atoms with Crippen molar-refractivity contribution in [1.82, 2.24) is 15.0 Å². The number of carbonyl (C=O) groups is 1. The van der Waals surface area contributed by atoms with Crippen LogP contribution in [0.3, 0.4) is 0 Å². The summed E-state index contributed by atoms with van der Waals surface area (Å²) in [4.78, 5) is 23.4. The van der Waals surface area contributed by atoms with Gasteiger partial charge in [-0.25, -0.2) is 14.8 Å². The molecule has 0 bridgehead atoms. The highest BCUT2D eigenvalue weighted by Crippen LogP contribution is 2.23. The third-order valence-electron chi connectivity index (χ3n) is 3.02. The fourth-order valence-corrected chi connectivity index (χ4v) is 2.05. The van der Waals surface area contributed by atoms with Crippen LogP contribution in [0.1, 0.15) is 15.9 Å². The number of rotatable bonds is 3. The van der Waals surface area contributed by atoms with Crippen molar-refractivity contribution in [3.8, 4) is 0 Å². The highest BCUT2D eigenvalue weighted by atomic mass is 16.4. The lowest BCUT2D eigenvalue weighted by molar-refractivity contribution is 0.0697. The molecule has 0 fully saturated rings. The van der Waals surface area contributed by atoms with E-state index in [-0.39, 0.29) is 5.56 Å². The number of benzene rings is 1. The van der Waals surface area contributed by atoms with Crippen molar-refractivity contribution in [1.29, 1.82) is 0 Å². The molecule has 2 aromatic heterocycles. The summed E-state index contributed by atoms with van der Waals surface area (Å²) in [6, 6.07) is 6.71. The lowest BCUT2D eigenvalue weighted by atomic mass is 10.1. The molecule has 0 unspecified atom stereocenters. The minimum absolute atomic E-state index is 0.198. The van der Waals surface area contributed by atoms with E-state index in [0.717, 1.165) is 16.6 Å². The molecule has 2 N–H and O–H groups in total. The molecule has 0 aliphatic carbocycles. The van der Waals surface area contributed by atoms with Gasteiger partial charge >= 0.3 is 5.97 Å². The maximum absolute atomic E-state index is 11.0. The fraction of sp³-hybridized carbons (Fsp3) is 0.0667. The second-order valence-corrected chi connectivity index (χ2v) is 4.64. The van der Waals surface area contributed by atoms with Gasteiger partial charge in [0.2, 0.25) is 0 Å². The van der Waals surface area contributed by atoms with Gasteiger partial charge in [0.25, 0.3) is 0 Å². The van der Waals surface area contributed by atoms with E-state index in [4.69, 9.17) is 5.11 Å². The molecule has 0 saturated carbocycles. The number of aryl methyl sites for hydroxylation is 1. The van der Waals surface area contributed by atoms with Crippen LogP contribution >= 0.6 is 0 Å². The first kappa shape index (κ1) is 13.0. The summed E-state index contributed by atoms with van der Waals surface area (Å²) >= 11 is 0. The summed E-state index contributed by atoms with van der Waals surface area (Å²) in [5, 5.41) is 12.9. The number of carboxylic acids is 1. The third-order valence-corrected chi connectivity index (χ3v) is 3.02. The van der Waals surface area contributed by atoms with Crippen molar-refractivity contribution in [3.05, 3.63) is 54.1 Å². The topological polar surface area (TPSA) is 88.0 Å². The Morgan fingerprint density at radius 2 is 2.05 bits per heavy atom. The van der Waals surface area contributed by atoms with Crippen molar-refractivity contribution in [3.63, 3.8) is 0 Å². The molecule has 6 nitrogen and oxygen atoms in total. The Balaban J connectivity index is 2.05. The number of nitrogens with zero attached hydrogens (tertiary/aromatic N) is 3. The van der Waals surface area contributed by atoms with Gasteiger partial charge in [0, 0.05) is 11.6 Å². The molecule has 0 spiro atoms. The molecule has 1 aromatic carbocycles. The molecule has 0 aliphatic heterocycles. The number of aromatic carboxylic acids is 1. The SMILES string of the molecule is Cc1cncc(Nc2ncnc3cc(C(=O)O)ccc23)c1. The van der Waals surface area contributed by atoms with Crippen molar-refractivity contribution < 1.29 is 9.90 Å². The zero-order chi connectivity index (χ0) is 14.8. The molecule has 0 amide bonds. The predicted molar refractivity (Wildman–Crippen MR) is 78.8 cm³/mol. The summed E-state index contributed by atoms with van der Waals surface area (Å²) in [6.45, 7) is 1.95. The minimum Gasteiger partial charge on any atom is -0.478 e. The molecule has 6 heteroatoms. The van der Waals surface area contributed by atoms with Crippen LogP contribution in [-0.2, 0) is 0 Å². The molecule has 21 heavy (non-hydrogen) atoms. The average molecular weight is 280 g/mol. The fourth-order valence-electron chi connectivity index (χ4n) is 2.05. The molecule has 2 heterocycles. The Bertz CT molecular complexity index is 833. The normalized spacial score (nSPS) is 10.5. The van der Waals surface area contributed by atoms with Gasteiger partial charge in [0.15, 0.2) is 0 Å². The summed E-state index contributed by atoms with van der Waals surface area (Å²) in [6.07, 6.45) is 4.87. The van der Waals surface area contributed by atoms with E-state index < -0.39 is 5.97 Å². The second-order valence-electron chi connectivity index (χ2n) is 4.64. The van der Waals surface area contributed by atoms with Crippen LogP contribution < -0.4 is 5.32 Å². The van der Waals surface area contributed by atoms with E-state index in [1.807, 2.05) is 13.0 Å². The van der Waals surface area contributed by atoms with E-state index in [0.29, 0.717) is 11.3 Å². The van der Waals surface area contributed by atoms with Crippen LogP contribution in [-0.4, -0.2) is 26.0 Å². The number of anilines is 2. The van der Waals surface area contributed by atoms with Crippen molar-refractivity contribution in [2.75, 3.05) is 5.32 Å². The van der Waals surface area contributed by atoms with Crippen molar-refractivity contribution >= 4 is 28.4 Å². The zero-order valence-corrected chi connectivity index (χ0v) is 11.2.